The Morgan fingerprint density at radius 3 is 2.81 bits per heavy atom. The number of halogens is 3. The van der Waals surface area contributed by atoms with Crippen LogP contribution in [-0.2, 0) is 6.54 Å². The minimum absolute atomic E-state index is 0.131. The average molecular weight is 299 g/mol. The highest BCUT2D eigenvalue weighted by Crippen LogP contribution is 2.32. The summed E-state index contributed by atoms with van der Waals surface area (Å²) in [6.07, 6.45) is -4.00. The third kappa shape index (κ3) is 2.67. The number of aromatic nitrogens is 3. The average Bonchev–Trinajstić information content (AvgIpc) is 3.05. The summed E-state index contributed by atoms with van der Waals surface area (Å²) in [5.41, 5.74) is -0.00148. The molecular weight excluding hydrogens is 291 g/mol. The third-order valence-electron chi connectivity index (χ3n) is 2.81. The van der Waals surface area contributed by atoms with E-state index in [0.29, 0.717) is 11.5 Å². The van der Waals surface area contributed by atoms with Gasteiger partial charge in [0.2, 0.25) is 6.79 Å². The molecule has 0 atom stereocenters. The van der Waals surface area contributed by atoms with Crippen molar-refractivity contribution in [3.05, 3.63) is 35.7 Å². The van der Waals surface area contributed by atoms with Crippen LogP contribution in [0.15, 0.2) is 24.4 Å². The van der Waals surface area contributed by atoms with Crippen LogP contribution in [-0.4, -0.2) is 33.7 Å². The molecule has 1 aliphatic rings. The lowest BCUT2D eigenvalue weighted by atomic mass is 10.2. The largest absolute Gasteiger partial charge is 0.456 e. The van der Waals surface area contributed by atoms with E-state index in [4.69, 9.17) is 9.47 Å². The standard InChI is InChI=1S/C12H8F3N3O3/c13-12(14,15)11(19)8-5-18(17-16-8)4-7-1-2-9-10(3-7)21-6-20-9/h1-3,5H,4,6H2. The second kappa shape index (κ2) is 4.76. The van der Waals surface area contributed by atoms with E-state index < -0.39 is 17.7 Å². The molecule has 1 aliphatic heterocycles. The topological polar surface area (TPSA) is 66.2 Å². The van der Waals surface area contributed by atoms with E-state index in [-0.39, 0.29) is 13.3 Å². The number of hydrogen-bond acceptors (Lipinski definition) is 5. The van der Waals surface area contributed by atoms with Crippen LogP contribution in [0.25, 0.3) is 0 Å². The van der Waals surface area contributed by atoms with Crippen molar-refractivity contribution < 1.29 is 27.4 Å². The van der Waals surface area contributed by atoms with Gasteiger partial charge in [-0.05, 0) is 17.7 Å². The van der Waals surface area contributed by atoms with Crippen LogP contribution < -0.4 is 9.47 Å². The molecule has 1 aromatic carbocycles. The van der Waals surface area contributed by atoms with Crippen LogP contribution in [0.2, 0.25) is 0 Å². The molecule has 3 rings (SSSR count). The highest BCUT2D eigenvalue weighted by Gasteiger charge is 2.41. The summed E-state index contributed by atoms with van der Waals surface area (Å²) in [6.45, 7) is 0.293. The molecule has 0 amide bonds. The molecule has 1 aromatic heterocycles. The van der Waals surface area contributed by atoms with Crippen LogP contribution in [0.5, 0.6) is 11.5 Å². The van der Waals surface area contributed by atoms with Gasteiger partial charge in [-0.25, -0.2) is 4.68 Å². The van der Waals surface area contributed by atoms with Crippen LogP contribution in [0.3, 0.4) is 0 Å². The number of rotatable bonds is 3. The molecule has 110 valence electrons. The maximum Gasteiger partial charge on any atom is 0.456 e. The molecular formula is C12H8F3N3O3. The van der Waals surface area contributed by atoms with Crippen molar-refractivity contribution in [1.29, 1.82) is 0 Å². The summed E-state index contributed by atoms with van der Waals surface area (Å²) < 4.78 is 48.3. The number of nitrogens with zero attached hydrogens (tertiary/aromatic N) is 3. The van der Waals surface area contributed by atoms with Crippen molar-refractivity contribution in [2.75, 3.05) is 6.79 Å². The highest BCUT2D eigenvalue weighted by atomic mass is 19.4. The predicted molar refractivity (Wildman–Crippen MR) is 62.1 cm³/mol. The Hall–Kier alpha value is -2.58. The van der Waals surface area contributed by atoms with E-state index >= 15 is 0 Å². The number of benzene rings is 1. The molecule has 0 bridgehead atoms. The molecule has 9 heteroatoms. The van der Waals surface area contributed by atoms with Crippen molar-refractivity contribution in [3.63, 3.8) is 0 Å². The first kappa shape index (κ1) is 13.4. The molecule has 2 heterocycles. The fourth-order valence-electron chi connectivity index (χ4n) is 1.85. The van der Waals surface area contributed by atoms with E-state index in [2.05, 4.69) is 10.3 Å². The second-order valence-corrected chi connectivity index (χ2v) is 4.32. The Labute approximate surface area is 116 Å². The van der Waals surface area contributed by atoms with Gasteiger partial charge in [0.05, 0.1) is 12.7 Å². The second-order valence-electron chi connectivity index (χ2n) is 4.32. The monoisotopic (exact) mass is 299 g/mol. The van der Waals surface area contributed by atoms with E-state index in [0.717, 1.165) is 16.4 Å². The van der Waals surface area contributed by atoms with Crippen LogP contribution in [0.4, 0.5) is 13.2 Å². The highest BCUT2D eigenvalue weighted by molar-refractivity contribution is 5.98. The number of Topliss-reactive ketones (excluding diaryl/α,β-unsaturated/α-hetero) is 1. The maximum atomic E-state index is 12.3. The van der Waals surface area contributed by atoms with Crippen molar-refractivity contribution in [1.82, 2.24) is 15.0 Å². The predicted octanol–water partition coefficient (Wildman–Crippen LogP) is 1.80. The quantitative estimate of drug-likeness (QED) is 0.809. The van der Waals surface area contributed by atoms with E-state index in [1.165, 1.54) is 0 Å². The fourth-order valence-corrected chi connectivity index (χ4v) is 1.85. The maximum absolute atomic E-state index is 12.3. The van der Waals surface area contributed by atoms with Gasteiger partial charge in [0.25, 0.3) is 5.78 Å². The van der Waals surface area contributed by atoms with E-state index in [1.807, 2.05) is 0 Å². The van der Waals surface area contributed by atoms with Crippen molar-refractivity contribution in [2.45, 2.75) is 12.7 Å². The summed E-state index contributed by atoms with van der Waals surface area (Å²) in [5.74, 6) is -0.857. The van der Waals surface area contributed by atoms with Gasteiger partial charge < -0.3 is 9.47 Å². The van der Waals surface area contributed by atoms with Gasteiger partial charge in [-0.2, -0.15) is 13.2 Å². The van der Waals surface area contributed by atoms with Crippen LogP contribution >= 0.6 is 0 Å². The molecule has 0 radical (unpaired) electrons. The first-order valence-corrected chi connectivity index (χ1v) is 5.83. The van der Waals surface area contributed by atoms with Crippen molar-refractivity contribution >= 4 is 5.78 Å². The van der Waals surface area contributed by atoms with E-state index in [9.17, 15) is 18.0 Å². The van der Waals surface area contributed by atoms with Gasteiger partial charge in [0, 0.05) is 0 Å². The summed E-state index contributed by atoms with van der Waals surface area (Å²) in [7, 11) is 0. The van der Waals surface area contributed by atoms with Crippen molar-refractivity contribution in [3.8, 4) is 11.5 Å². The molecule has 0 aliphatic carbocycles. The number of carbonyl (C=O) groups is 1. The first-order valence-electron chi connectivity index (χ1n) is 5.83. The Morgan fingerprint density at radius 2 is 2.05 bits per heavy atom. The molecule has 0 unspecified atom stereocenters. The molecule has 2 aromatic rings. The Morgan fingerprint density at radius 1 is 1.29 bits per heavy atom. The number of fused-ring (bicyclic) bond motifs is 1. The summed E-state index contributed by atoms with van der Waals surface area (Å²) >= 11 is 0. The summed E-state index contributed by atoms with van der Waals surface area (Å²) in [4.78, 5) is 11.0. The number of carbonyl (C=O) groups excluding carboxylic acids is 1. The number of alkyl halides is 3. The van der Waals surface area contributed by atoms with Gasteiger partial charge in [-0.3, -0.25) is 4.79 Å². The molecule has 6 nitrogen and oxygen atoms in total. The lowest BCUT2D eigenvalue weighted by Gasteiger charge is -2.02. The molecule has 0 saturated heterocycles. The zero-order valence-corrected chi connectivity index (χ0v) is 10.4. The number of hydrogen-bond donors (Lipinski definition) is 0. The Balaban J connectivity index is 1.77. The van der Waals surface area contributed by atoms with Crippen molar-refractivity contribution in [2.24, 2.45) is 0 Å². The SMILES string of the molecule is O=C(c1cn(Cc2ccc3c(c2)OCO3)nn1)C(F)(F)F. The minimum atomic E-state index is -4.96. The Bertz CT molecular complexity index is 697. The zero-order valence-electron chi connectivity index (χ0n) is 10.4. The zero-order chi connectivity index (χ0) is 15.0. The third-order valence-corrected chi connectivity index (χ3v) is 2.81. The smallest absolute Gasteiger partial charge is 0.454 e. The Kier molecular flexibility index (Phi) is 3.04. The lowest BCUT2D eigenvalue weighted by Crippen LogP contribution is -2.23. The fraction of sp³-hybridized carbons (Fsp3) is 0.250. The molecule has 0 fully saturated rings. The van der Waals surface area contributed by atoms with E-state index in [1.54, 1.807) is 18.2 Å². The van der Waals surface area contributed by atoms with Gasteiger partial charge in [-0.15, -0.1) is 5.10 Å². The normalized spacial score (nSPS) is 13.5. The lowest BCUT2D eigenvalue weighted by molar-refractivity contribution is -0.0888. The number of ketones is 1. The number of ether oxygens (including phenoxy) is 2. The van der Waals surface area contributed by atoms with Gasteiger partial charge in [0.15, 0.2) is 17.2 Å². The molecule has 0 N–H and O–H groups in total. The van der Waals surface area contributed by atoms with Crippen LogP contribution in [0, 0.1) is 0 Å². The van der Waals surface area contributed by atoms with Gasteiger partial charge >= 0.3 is 6.18 Å². The van der Waals surface area contributed by atoms with Gasteiger partial charge in [0.1, 0.15) is 0 Å². The van der Waals surface area contributed by atoms with Crippen LogP contribution in [0.1, 0.15) is 16.1 Å². The molecule has 0 spiro atoms. The summed E-state index contributed by atoms with van der Waals surface area (Å²) in [5, 5.41) is 6.75. The molecule has 21 heavy (non-hydrogen) atoms. The first-order chi connectivity index (χ1) is 9.93. The molecule has 0 saturated carbocycles. The summed E-state index contributed by atoms with van der Waals surface area (Å²) in [6, 6.07) is 5.10. The van der Waals surface area contributed by atoms with Gasteiger partial charge in [-0.1, -0.05) is 11.3 Å². The minimum Gasteiger partial charge on any atom is -0.454 e.